The van der Waals surface area contributed by atoms with E-state index in [0.717, 1.165) is 31.9 Å². The first-order valence-corrected chi connectivity index (χ1v) is 14.7. The highest BCUT2D eigenvalue weighted by molar-refractivity contribution is 9.10. The zero-order chi connectivity index (χ0) is 27.7. The molecule has 2 amide bonds. The average molecular weight is 601 g/mol. The Bertz CT molecular complexity index is 1330. The molecule has 0 saturated heterocycles. The lowest BCUT2D eigenvalue weighted by molar-refractivity contribution is -0.141. The average Bonchev–Trinajstić information content (AvgIpc) is 2.90. The maximum absolute atomic E-state index is 13.8. The predicted octanol–water partition coefficient (Wildman–Crippen LogP) is 4.54. The van der Waals surface area contributed by atoms with Gasteiger partial charge in [-0.2, -0.15) is 4.31 Å². The molecule has 0 radical (unpaired) electrons. The third-order valence-electron chi connectivity index (χ3n) is 6.15. The maximum Gasteiger partial charge on any atom is 0.243 e. The van der Waals surface area contributed by atoms with Crippen LogP contribution in [0.3, 0.4) is 0 Å². The van der Waals surface area contributed by atoms with Gasteiger partial charge in [0.1, 0.15) is 6.04 Å². The van der Waals surface area contributed by atoms with Gasteiger partial charge in [0.15, 0.2) is 0 Å². The summed E-state index contributed by atoms with van der Waals surface area (Å²) in [7, 11) is -2.52. The highest BCUT2D eigenvalue weighted by Crippen LogP contribution is 2.20. The molecule has 0 aliphatic rings. The van der Waals surface area contributed by atoms with E-state index in [1.807, 2.05) is 68.4 Å². The molecule has 0 unspecified atom stereocenters. The number of rotatable bonds is 12. The summed E-state index contributed by atoms with van der Waals surface area (Å²) in [6, 6.07) is 22.7. The van der Waals surface area contributed by atoms with Crippen LogP contribution < -0.4 is 5.32 Å². The van der Waals surface area contributed by atoms with Crippen molar-refractivity contribution >= 4 is 37.8 Å². The summed E-state index contributed by atoms with van der Waals surface area (Å²) in [4.78, 5) is 28.8. The van der Waals surface area contributed by atoms with Crippen LogP contribution in [0.5, 0.6) is 0 Å². The number of nitrogens with zero attached hydrogens (tertiary/aromatic N) is 2. The van der Waals surface area contributed by atoms with Crippen molar-refractivity contribution in [2.75, 3.05) is 20.1 Å². The SMILES string of the molecule is CCCNC(=O)[C@H](Cc1ccccc1)N(Cc1cccc(Br)c1)C(=O)CN(C)S(=O)(=O)c1ccc(C)cc1. The van der Waals surface area contributed by atoms with Gasteiger partial charge in [0.05, 0.1) is 11.4 Å². The number of aryl methyl sites for hydroxylation is 1. The van der Waals surface area contributed by atoms with E-state index in [4.69, 9.17) is 0 Å². The molecule has 0 aliphatic heterocycles. The maximum atomic E-state index is 13.8. The number of halogens is 1. The van der Waals surface area contributed by atoms with Crippen molar-refractivity contribution < 1.29 is 18.0 Å². The van der Waals surface area contributed by atoms with Crippen molar-refractivity contribution in [2.24, 2.45) is 0 Å². The number of sulfonamides is 1. The lowest BCUT2D eigenvalue weighted by Crippen LogP contribution is -2.53. The second-order valence-corrected chi connectivity index (χ2v) is 12.2. The van der Waals surface area contributed by atoms with Gasteiger partial charge >= 0.3 is 0 Å². The summed E-state index contributed by atoms with van der Waals surface area (Å²) in [6.45, 7) is 4.05. The molecule has 3 aromatic carbocycles. The topological polar surface area (TPSA) is 86.8 Å². The molecule has 9 heteroatoms. The molecule has 0 spiro atoms. The number of hydrogen-bond acceptors (Lipinski definition) is 4. The fourth-order valence-electron chi connectivity index (χ4n) is 4.01. The molecular weight excluding hydrogens is 566 g/mol. The van der Waals surface area contributed by atoms with Crippen molar-refractivity contribution in [3.8, 4) is 0 Å². The fourth-order valence-corrected chi connectivity index (χ4v) is 5.58. The summed E-state index contributed by atoms with van der Waals surface area (Å²) in [5, 5.41) is 2.93. The van der Waals surface area contributed by atoms with Crippen molar-refractivity contribution in [3.63, 3.8) is 0 Å². The third-order valence-corrected chi connectivity index (χ3v) is 8.46. The van der Waals surface area contributed by atoms with Gasteiger partial charge in [-0.15, -0.1) is 0 Å². The molecule has 7 nitrogen and oxygen atoms in total. The van der Waals surface area contributed by atoms with Crippen LogP contribution >= 0.6 is 15.9 Å². The summed E-state index contributed by atoms with van der Waals surface area (Å²) < 4.78 is 28.3. The minimum Gasteiger partial charge on any atom is -0.354 e. The lowest BCUT2D eigenvalue weighted by atomic mass is 10.0. The van der Waals surface area contributed by atoms with E-state index < -0.39 is 28.5 Å². The number of hydrogen-bond donors (Lipinski definition) is 1. The number of carbonyl (C=O) groups is 2. The predicted molar refractivity (Wildman–Crippen MR) is 153 cm³/mol. The Labute approximate surface area is 234 Å². The van der Waals surface area contributed by atoms with Crippen molar-refractivity contribution in [1.29, 1.82) is 0 Å². The van der Waals surface area contributed by atoms with E-state index in [9.17, 15) is 18.0 Å². The molecule has 38 heavy (non-hydrogen) atoms. The summed E-state index contributed by atoms with van der Waals surface area (Å²) in [6.07, 6.45) is 1.05. The fraction of sp³-hybridized carbons (Fsp3) is 0.310. The summed E-state index contributed by atoms with van der Waals surface area (Å²) >= 11 is 3.47. The highest BCUT2D eigenvalue weighted by Gasteiger charge is 2.33. The van der Waals surface area contributed by atoms with Gasteiger partial charge in [0, 0.05) is 31.0 Å². The normalized spacial score (nSPS) is 12.2. The van der Waals surface area contributed by atoms with Crippen LogP contribution in [0.2, 0.25) is 0 Å². The molecule has 202 valence electrons. The third kappa shape index (κ3) is 7.99. The highest BCUT2D eigenvalue weighted by atomic mass is 79.9. The van der Waals surface area contributed by atoms with E-state index >= 15 is 0 Å². The van der Waals surface area contributed by atoms with Gasteiger partial charge in [-0.1, -0.05) is 83.0 Å². The second kappa shape index (κ2) is 13.7. The number of carbonyl (C=O) groups excluding carboxylic acids is 2. The molecule has 1 N–H and O–H groups in total. The molecule has 0 heterocycles. The minimum absolute atomic E-state index is 0.110. The molecule has 3 rings (SSSR count). The lowest BCUT2D eigenvalue weighted by Gasteiger charge is -2.32. The molecule has 1 atom stereocenters. The van der Waals surface area contributed by atoms with Crippen LogP contribution in [0.4, 0.5) is 0 Å². The van der Waals surface area contributed by atoms with Gasteiger partial charge in [0.2, 0.25) is 21.8 Å². The van der Waals surface area contributed by atoms with Gasteiger partial charge in [0.25, 0.3) is 0 Å². The van der Waals surface area contributed by atoms with Crippen molar-refractivity contribution in [3.05, 3.63) is 100 Å². The Hall–Kier alpha value is -3.01. The Morgan fingerprint density at radius 3 is 2.24 bits per heavy atom. The molecule has 0 aromatic heterocycles. The van der Waals surface area contributed by atoms with E-state index in [0.29, 0.717) is 13.0 Å². The van der Waals surface area contributed by atoms with Crippen LogP contribution in [0.25, 0.3) is 0 Å². The summed E-state index contributed by atoms with van der Waals surface area (Å²) in [5.41, 5.74) is 2.65. The van der Waals surface area contributed by atoms with E-state index in [2.05, 4.69) is 21.2 Å². The number of nitrogens with one attached hydrogen (secondary N) is 1. The van der Waals surface area contributed by atoms with Crippen LogP contribution in [0.1, 0.15) is 30.0 Å². The quantitative estimate of drug-likeness (QED) is 0.331. The van der Waals surface area contributed by atoms with Crippen LogP contribution in [0, 0.1) is 6.92 Å². The molecule has 3 aromatic rings. The molecule has 0 saturated carbocycles. The monoisotopic (exact) mass is 599 g/mol. The number of likely N-dealkylation sites (N-methyl/N-ethyl adjacent to an activating group) is 1. The smallest absolute Gasteiger partial charge is 0.243 e. The van der Waals surface area contributed by atoms with Gasteiger partial charge < -0.3 is 10.2 Å². The first-order chi connectivity index (χ1) is 18.1. The zero-order valence-corrected chi connectivity index (χ0v) is 24.3. The van der Waals surface area contributed by atoms with E-state index in [1.54, 1.807) is 12.1 Å². The Morgan fingerprint density at radius 1 is 0.947 bits per heavy atom. The zero-order valence-electron chi connectivity index (χ0n) is 21.9. The molecular formula is C29H34BrN3O4S. The summed E-state index contributed by atoms with van der Waals surface area (Å²) in [5.74, 6) is -0.737. The van der Waals surface area contributed by atoms with E-state index in [1.165, 1.54) is 24.1 Å². The first kappa shape index (κ1) is 29.5. The second-order valence-electron chi connectivity index (χ2n) is 9.22. The van der Waals surface area contributed by atoms with Gasteiger partial charge in [-0.25, -0.2) is 8.42 Å². The van der Waals surface area contributed by atoms with Crippen LogP contribution in [0.15, 0.2) is 88.2 Å². The Morgan fingerprint density at radius 2 is 1.61 bits per heavy atom. The van der Waals surface area contributed by atoms with E-state index in [-0.39, 0.29) is 17.3 Å². The van der Waals surface area contributed by atoms with Crippen LogP contribution in [-0.2, 0) is 32.6 Å². The largest absolute Gasteiger partial charge is 0.354 e. The molecule has 0 fully saturated rings. The standard InChI is InChI=1S/C29H34BrN3O4S/c1-4-17-31-29(35)27(19-23-9-6-5-7-10-23)33(20-24-11-8-12-25(30)18-24)28(34)21-32(3)38(36,37)26-15-13-22(2)14-16-26/h5-16,18,27H,4,17,19-21H2,1-3H3,(H,31,35)/t27-/m0/s1. The van der Waals surface area contributed by atoms with Crippen molar-refractivity contribution in [1.82, 2.24) is 14.5 Å². The Kier molecular flexibility index (Phi) is 10.6. The van der Waals surface area contributed by atoms with Gasteiger partial charge in [-0.05, 0) is 48.7 Å². The Balaban J connectivity index is 1.96. The van der Waals surface area contributed by atoms with Gasteiger partial charge in [-0.3, -0.25) is 9.59 Å². The van der Waals surface area contributed by atoms with Crippen LogP contribution in [-0.4, -0.2) is 55.6 Å². The minimum atomic E-state index is -3.91. The first-order valence-electron chi connectivity index (χ1n) is 12.5. The number of benzene rings is 3. The molecule has 0 aliphatic carbocycles. The van der Waals surface area contributed by atoms with Crippen molar-refractivity contribution in [2.45, 2.75) is 44.2 Å². The molecule has 0 bridgehead atoms. The number of amides is 2.